The molecule has 0 aromatic heterocycles. The molecule has 0 saturated carbocycles. The van der Waals surface area contributed by atoms with Crippen LogP contribution in [0.15, 0.2) is 24.3 Å². The Balaban J connectivity index is 1.89. The predicted octanol–water partition coefficient (Wildman–Crippen LogP) is 3.62. The summed E-state index contributed by atoms with van der Waals surface area (Å²) < 4.78 is 5.93. The molecule has 1 unspecified atom stereocenters. The molecule has 0 amide bonds. The average Bonchev–Trinajstić information content (AvgIpc) is 2.45. The summed E-state index contributed by atoms with van der Waals surface area (Å²) in [5.74, 6) is 0. The molecule has 0 spiro atoms. The highest BCUT2D eigenvalue weighted by atomic mass is 28.3. The van der Waals surface area contributed by atoms with Gasteiger partial charge in [-0.15, -0.1) is 0 Å². The largest absolute Gasteiger partial charge is 0.377 e. The van der Waals surface area contributed by atoms with Gasteiger partial charge in [-0.25, -0.2) is 0 Å². The van der Waals surface area contributed by atoms with Gasteiger partial charge in [0.15, 0.2) is 0 Å². The Morgan fingerprint density at radius 2 is 1.90 bits per heavy atom. The van der Waals surface area contributed by atoms with Gasteiger partial charge in [-0.2, -0.15) is 0 Å². The van der Waals surface area contributed by atoms with E-state index in [-0.39, 0.29) is 0 Å². The Morgan fingerprint density at radius 3 is 2.52 bits per heavy atom. The average molecular weight is 306 g/mol. The number of likely N-dealkylation sites (tertiary alicyclic amines) is 1. The molecule has 1 aromatic rings. The summed E-state index contributed by atoms with van der Waals surface area (Å²) in [5, 5.41) is 1.55. The number of nitrogens with zero attached hydrogens (tertiary/aromatic N) is 1. The lowest BCUT2D eigenvalue weighted by Crippen LogP contribution is -2.39. The van der Waals surface area contributed by atoms with Crippen molar-refractivity contribution < 1.29 is 4.74 Å². The molecule has 1 saturated heterocycles. The summed E-state index contributed by atoms with van der Waals surface area (Å²) in [4.78, 5) is 2.55. The van der Waals surface area contributed by atoms with Gasteiger partial charge in [-0.05, 0) is 31.4 Å². The van der Waals surface area contributed by atoms with Crippen molar-refractivity contribution in [1.29, 1.82) is 0 Å². The van der Waals surface area contributed by atoms with E-state index in [1.807, 2.05) is 0 Å². The zero-order valence-corrected chi connectivity index (χ0v) is 15.2. The summed E-state index contributed by atoms with van der Waals surface area (Å²) in [6.45, 7) is 13.7. The van der Waals surface area contributed by atoms with Gasteiger partial charge in [-0.1, -0.05) is 56.0 Å². The quantitative estimate of drug-likeness (QED) is 0.744. The number of benzene rings is 1. The van der Waals surface area contributed by atoms with E-state index in [2.05, 4.69) is 55.7 Å². The summed E-state index contributed by atoms with van der Waals surface area (Å²) in [6, 6.07) is 9.33. The van der Waals surface area contributed by atoms with E-state index in [0.29, 0.717) is 6.10 Å². The highest BCUT2D eigenvalue weighted by molar-refractivity contribution is 6.88. The molecule has 118 valence electrons. The molecule has 3 heteroatoms. The fourth-order valence-corrected chi connectivity index (χ4v) is 4.11. The van der Waals surface area contributed by atoms with E-state index in [1.54, 1.807) is 5.19 Å². The van der Waals surface area contributed by atoms with Crippen molar-refractivity contribution in [2.24, 2.45) is 0 Å². The van der Waals surface area contributed by atoms with Crippen LogP contribution in [0, 0.1) is 0 Å². The zero-order valence-electron chi connectivity index (χ0n) is 14.2. The number of hydrogen-bond donors (Lipinski definition) is 0. The molecule has 0 radical (unpaired) electrons. The van der Waals surface area contributed by atoms with Gasteiger partial charge >= 0.3 is 0 Å². The molecule has 1 aliphatic heterocycles. The molecule has 0 bridgehead atoms. The van der Waals surface area contributed by atoms with Gasteiger partial charge in [-0.3, -0.25) is 4.90 Å². The molecule has 1 aliphatic rings. The van der Waals surface area contributed by atoms with E-state index in [0.717, 1.165) is 26.1 Å². The van der Waals surface area contributed by atoms with Crippen molar-refractivity contribution in [3.8, 4) is 0 Å². The maximum atomic E-state index is 5.93. The van der Waals surface area contributed by atoms with Crippen LogP contribution in [0.3, 0.4) is 0 Å². The van der Waals surface area contributed by atoms with Crippen molar-refractivity contribution in [2.45, 2.75) is 58.5 Å². The fraction of sp³-hybridized carbons (Fsp3) is 0.667. The third-order valence-corrected chi connectivity index (χ3v) is 6.31. The number of piperidine rings is 1. The maximum Gasteiger partial charge on any atom is 0.0775 e. The summed E-state index contributed by atoms with van der Waals surface area (Å²) in [5.41, 5.74) is 1.44. The number of rotatable bonds is 6. The van der Waals surface area contributed by atoms with E-state index in [1.165, 1.54) is 24.9 Å². The van der Waals surface area contributed by atoms with Gasteiger partial charge in [0.1, 0.15) is 0 Å². The predicted molar refractivity (Wildman–Crippen MR) is 94.0 cm³/mol. The zero-order chi connectivity index (χ0) is 15.3. The normalized spacial score (nSPS) is 20.7. The minimum absolute atomic E-state index is 0.444. The van der Waals surface area contributed by atoms with E-state index >= 15 is 0 Å². The van der Waals surface area contributed by atoms with Gasteiger partial charge in [0.05, 0.1) is 14.2 Å². The standard InChI is InChI=1S/C18H31NOSi/c1-5-13-20-17-7-6-12-19(15-17)14-16-8-10-18(11-9-16)21(2,3)4/h8-11,17H,5-7,12-15H2,1-4H3. The number of ether oxygens (including phenoxy) is 1. The Hall–Kier alpha value is -0.643. The van der Waals surface area contributed by atoms with Crippen LogP contribution in [-0.4, -0.2) is 38.8 Å². The lowest BCUT2D eigenvalue weighted by Gasteiger charge is -2.32. The monoisotopic (exact) mass is 305 g/mol. The first-order chi connectivity index (χ1) is 9.99. The summed E-state index contributed by atoms with van der Waals surface area (Å²) in [6.07, 6.45) is 4.06. The summed E-state index contributed by atoms with van der Waals surface area (Å²) in [7, 11) is -1.17. The lowest BCUT2D eigenvalue weighted by atomic mass is 10.1. The van der Waals surface area contributed by atoms with Crippen molar-refractivity contribution in [3.05, 3.63) is 29.8 Å². The maximum absolute atomic E-state index is 5.93. The summed E-state index contributed by atoms with van der Waals surface area (Å²) >= 11 is 0. The van der Waals surface area contributed by atoms with Crippen molar-refractivity contribution >= 4 is 13.3 Å². The minimum atomic E-state index is -1.17. The number of hydrogen-bond acceptors (Lipinski definition) is 2. The minimum Gasteiger partial charge on any atom is -0.377 e. The van der Waals surface area contributed by atoms with Crippen molar-refractivity contribution in [1.82, 2.24) is 4.90 Å². The molecule has 0 aliphatic carbocycles. The SMILES string of the molecule is CCCOC1CCCN(Cc2ccc([Si](C)(C)C)cc2)C1. The molecule has 2 rings (SSSR count). The lowest BCUT2D eigenvalue weighted by molar-refractivity contribution is -0.00222. The fourth-order valence-electron chi connectivity index (χ4n) is 2.95. The third kappa shape index (κ3) is 5.24. The van der Waals surface area contributed by atoms with Crippen LogP contribution < -0.4 is 5.19 Å². The first kappa shape index (κ1) is 16.7. The second-order valence-electron chi connectivity index (χ2n) is 7.32. The van der Waals surface area contributed by atoms with E-state index in [4.69, 9.17) is 4.74 Å². The van der Waals surface area contributed by atoms with Crippen LogP contribution in [0.25, 0.3) is 0 Å². The molecule has 1 fully saturated rings. The Morgan fingerprint density at radius 1 is 1.19 bits per heavy atom. The highest BCUT2D eigenvalue weighted by Gasteiger charge is 2.20. The van der Waals surface area contributed by atoms with Crippen LogP contribution in [0.2, 0.25) is 19.6 Å². The van der Waals surface area contributed by atoms with Gasteiger partial charge in [0, 0.05) is 19.7 Å². The first-order valence-electron chi connectivity index (χ1n) is 8.42. The van der Waals surface area contributed by atoms with E-state index < -0.39 is 8.07 Å². The van der Waals surface area contributed by atoms with E-state index in [9.17, 15) is 0 Å². The van der Waals surface area contributed by atoms with Gasteiger partial charge in [0.2, 0.25) is 0 Å². The second kappa shape index (κ2) is 7.57. The molecular weight excluding hydrogens is 274 g/mol. The van der Waals surface area contributed by atoms with Crippen LogP contribution in [-0.2, 0) is 11.3 Å². The Bertz CT molecular complexity index is 424. The van der Waals surface area contributed by atoms with Crippen LogP contribution in [0.4, 0.5) is 0 Å². The van der Waals surface area contributed by atoms with Crippen molar-refractivity contribution in [2.75, 3.05) is 19.7 Å². The van der Waals surface area contributed by atoms with Gasteiger partial charge < -0.3 is 4.74 Å². The molecule has 0 N–H and O–H groups in total. The first-order valence-corrected chi connectivity index (χ1v) is 11.9. The topological polar surface area (TPSA) is 12.5 Å². The third-order valence-electron chi connectivity index (χ3n) is 4.25. The molecule has 1 atom stereocenters. The van der Waals surface area contributed by atoms with Crippen LogP contribution >= 0.6 is 0 Å². The van der Waals surface area contributed by atoms with Crippen molar-refractivity contribution in [3.63, 3.8) is 0 Å². The molecule has 1 aromatic carbocycles. The molecule has 21 heavy (non-hydrogen) atoms. The molecule has 1 heterocycles. The molecular formula is C18H31NOSi. The smallest absolute Gasteiger partial charge is 0.0775 e. The highest BCUT2D eigenvalue weighted by Crippen LogP contribution is 2.16. The van der Waals surface area contributed by atoms with Crippen LogP contribution in [0.5, 0.6) is 0 Å². The molecule has 2 nitrogen and oxygen atoms in total. The van der Waals surface area contributed by atoms with Crippen LogP contribution in [0.1, 0.15) is 31.7 Å². The Kier molecular flexibility index (Phi) is 6.03. The van der Waals surface area contributed by atoms with Gasteiger partial charge in [0.25, 0.3) is 0 Å². The Labute approximate surface area is 131 Å². The second-order valence-corrected chi connectivity index (χ2v) is 12.4.